The van der Waals surface area contributed by atoms with Gasteiger partial charge in [0.05, 0.1) is 5.39 Å². The standard InChI is InChI=1S/C57H37NO3/c1-57(2)45-17-9-6-14-40(45)41-29-28-39(32-46(41)57)58(37-24-20-35(21-25-37)34-12-4-3-5-13-34)38-26-22-36(23-27-38)44-33-51-55(56-52(44)42-15-7-11-19-48(42)61-56)54-50(60-51)31-30-49-53(54)43-16-8-10-18-47(43)59-49/h3-33H,1-2H3. The van der Waals surface area contributed by atoms with Crippen LogP contribution in [0.4, 0.5) is 17.1 Å². The van der Waals surface area contributed by atoms with Crippen LogP contribution in [0.3, 0.4) is 0 Å². The topological polar surface area (TPSA) is 42.7 Å². The first-order valence-electron chi connectivity index (χ1n) is 20.9. The van der Waals surface area contributed by atoms with E-state index in [1.807, 2.05) is 30.3 Å². The summed E-state index contributed by atoms with van der Waals surface area (Å²) in [5.74, 6) is 0. The Morgan fingerprint density at radius 1 is 0.344 bits per heavy atom. The van der Waals surface area contributed by atoms with Crippen LogP contribution in [-0.2, 0) is 5.41 Å². The average molecular weight is 784 g/mol. The van der Waals surface area contributed by atoms with Crippen molar-refractivity contribution < 1.29 is 13.3 Å². The summed E-state index contributed by atoms with van der Waals surface area (Å²) < 4.78 is 19.9. The molecule has 3 heterocycles. The van der Waals surface area contributed by atoms with E-state index in [0.717, 1.165) is 94.0 Å². The van der Waals surface area contributed by atoms with Gasteiger partial charge in [-0.05, 0) is 111 Å². The average Bonchev–Trinajstić information content (AvgIpc) is 4.05. The van der Waals surface area contributed by atoms with Gasteiger partial charge in [-0.25, -0.2) is 0 Å². The van der Waals surface area contributed by atoms with E-state index in [2.05, 4.69) is 176 Å². The lowest BCUT2D eigenvalue weighted by molar-refractivity contribution is 0.660. The third kappa shape index (κ3) is 4.93. The minimum absolute atomic E-state index is 0.126. The molecule has 0 saturated heterocycles. The molecule has 0 unspecified atom stereocenters. The van der Waals surface area contributed by atoms with Gasteiger partial charge in [-0.3, -0.25) is 0 Å². The van der Waals surface area contributed by atoms with Crippen molar-refractivity contribution in [2.45, 2.75) is 19.3 Å². The van der Waals surface area contributed by atoms with Crippen molar-refractivity contribution in [2.75, 3.05) is 4.90 Å². The third-order valence-electron chi connectivity index (χ3n) is 13.1. The summed E-state index contributed by atoms with van der Waals surface area (Å²) in [7, 11) is 0. The minimum Gasteiger partial charge on any atom is -0.456 e. The number of anilines is 3. The number of para-hydroxylation sites is 2. The lowest BCUT2D eigenvalue weighted by Crippen LogP contribution is -2.16. The first-order chi connectivity index (χ1) is 30.0. The summed E-state index contributed by atoms with van der Waals surface area (Å²) in [6.45, 7) is 4.68. The zero-order valence-electron chi connectivity index (χ0n) is 33.6. The highest BCUT2D eigenvalue weighted by molar-refractivity contribution is 6.33. The number of rotatable bonds is 5. The maximum absolute atomic E-state index is 6.83. The third-order valence-corrected chi connectivity index (χ3v) is 13.1. The molecule has 61 heavy (non-hydrogen) atoms. The van der Waals surface area contributed by atoms with Gasteiger partial charge in [0.15, 0.2) is 0 Å². The zero-order chi connectivity index (χ0) is 40.4. The van der Waals surface area contributed by atoms with Gasteiger partial charge in [0.1, 0.15) is 33.5 Å². The van der Waals surface area contributed by atoms with Crippen molar-refractivity contribution in [2.24, 2.45) is 0 Å². The largest absolute Gasteiger partial charge is 0.456 e. The van der Waals surface area contributed by atoms with Gasteiger partial charge in [0.2, 0.25) is 0 Å². The highest BCUT2D eigenvalue weighted by Crippen LogP contribution is 2.52. The fourth-order valence-electron chi connectivity index (χ4n) is 10.2. The molecule has 288 valence electrons. The van der Waals surface area contributed by atoms with E-state index in [9.17, 15) is 0 Å². The molecule has 0 N–H and O–H groups in total. The number of fused-ring (bicyclic) bond motifs is 14. The number of hydrogen-bond donors (Lipinski definition) is 0. The zero-order valence-corrected chi connectivity index (χ0v) is 33.6. The molecule has 13 rings (SSSR count). The Morgan fingerprint density at radius 3 is 1.66 bits per heavy atom. The van der Waals surface area contributed by atoms with Gasteiger partial charge in [-0.2, -0.15) is 0 Å². The van der Waals surface area contributed by atoms with Crippen LogP contribution in [0.1, 0.15) is 25.0 Å². The van der Waals surface area contributed by atoms with Gasteiger partial charge < -0.3 is 18.2 Å². The Morgan fingerprint density at radius 2 is 0.902 bits per heavy atom. The highest BCUT2D eigenvalue weighted by atomic mass is 16.3. The smallest absolute Gasteiger partial charge is 0.147 e. The minimum atomic E-state index is -0.126. The fraction of sp³-hybridized carbons (Fsp3) is 0.0526. The normalized spacial score (nSPS) is 13.2. The summed E-state index contributed by atoms with van der Waals surface area (Å²) in [5.41, 5.74) is 17.9. The van der Waals surface area contributed by atoms with Crippen LogP contribution in [-0.4, -0.2) is 0 Å². The van der Waals surface area contributed by atoms with Gasteiger partial charge in [-0.1, -0.05) is 135 Å². The number of hydrogen-bond acceptors (Lipinski definition) is 4. The molecule has 0 saturated carbocycles. The van der Waals surface area contributed by atoms with Crippen LogP contribution in [0, 0.1) is 0 Å². The molecule has 0 bridgehead atoms. The Bertz CT molecular complexity index is 3720. The van der Waals surface area contributed by atoms with Crippen LogP contribution in [0.2, 0.25) is 0 Å². The molecule has 0 amide bonds. The summed E-state index contributed by atoms with van der Waals surface area (Å²) >= 11 is 0. The second kappa shape index (κ2) is 12.6. The molecule has 0 fully saturated rings. The van der Waals surface area contributed by atoms with Gasteiger partial charge in [-0.15, -0.1) is 0 Å². The number of furan rings is 3. The fourth-order valence-corrected chi connectivity index (χ4v) is 10.2. The Hall–Kier alpha value is -7.82. The van der Waals surface area contributed by atoms with Crippen molar-refractivity contribution in [3.63, 3.8) is 0 Å². The van der Waals surface area contributed by atoms with E-state index in [-0.39, 0.29) is 5.41 Å². The molecule has 1 aliphatic carbocycles. The molecular weight excluding hydrogens is 747 g/mol. The van der Waals surface area contributed by atoms with E-state index in [1.165, 1.54) is 33.4 Å². The first kappa shape index (κ1) is 34.1. The Balaban J connectivity index is 0.992. The van der Waals surface area contributed by atoms with Crippen LogP contribution in [0.5, 0.6) is 0 Å². The summed E-state index contributed by atoms with van der Waals surface area (Å²) in [6, 6.07) is 67.0. The van der Waals surface area contributed by atoms with E-state index >= 15 is 0 Å². The number of nitrogens with zero attached hydrogens (tertiary/aromatic N) is 1. The van der Waals surface area contributed by atoms with Crippen molar-refractivity contribution >= 4 is 82.9 Å². The van der Waals surface area contributed by atoms with Crippen LogP contribution < -0.4 is 4.90 Å². The summed E-state index contributed by atoms with van der Waals surface area (Å²) in [5, 5.41) is 6.21. The SMILES string of the molecule is CC1(C)c2ccccc2-c2ccc(N(c3ccc(-c4ccccc4)cc3)c3ccc(-c4cc5oc6ccc7oc8ccccc8c7c6c5c5oc6ccccc6c45)cc3)cc21. The van der Waals surface area contributed by atoms with E-state index in [0.29, 0.717) is 0 Å². The van der Waals surface area contributed by atoms with E-state index in [1.54, 1.807) is 0 Å². The molecular formula is C57H37NO3. The lowest BCUT2D eigenvalue weighted by Gasteiger charge is -2.28. The highest BCUT2D eigenvalue weighted by Gasteiger charge is 2.36. The molecule has 0 spiro atoms. The predicted octanol–water partition coefficient (Wildman–Crippen LogP) is 16.5. The van der Waals surface area contributed by atoms with Crippen molar-refractivity contribution in [1.29, 1.82) is 0 Å². The van der Waals surface area contributed by atoms with Gasteiger partial charge in [0.25, 0.3) is 0 Å². The predicted molar refractivity (Wildman–Crippen MR) is 251 cm³/mol. The Kier molecular flexibility index (Phi) is 7.04. The second-order valence-corrected chi connectivity index (χ2v) is 16.8. The lowest BCUT2D eigenvalue weighted by atomic mass is 9.82. The van der Waals surface area contributed by atoms with E-state index < -0.39 is 0 Å². The molecule has 0 atom stereocenters. The maximum atomic E-state index is 6.83. The molecule has 0 aliphatic heterocycles. The quantitative estimate of drug-likeness (QED) is 0.174. The molecule has 4 heteroatoms. The molecule has 0 radical (unpaired) electrons. The van der Waals surface area contributed by atoms with E-state index in [4.69, 9.17) is 13.3 Å². The van der Waals surface area contributed by atoms with Crippen LogP contribution in [0.15, 0.2) is 201 Å². The van der Waals surface area contributed by atoms with Crippen molar-refractivity contribution in [1.82, 2.24) is 0 Å². The van der Waals surface area contributed by atoms with Crippen molar-refractivity contribution in [3.8, 4) is 33.4 Å². The molecule has 9 aromatic carbocycles. The number of benzene rings is 9. The maximum Gasteiger partial charge on any atom is 0.147 e. The summed E-state index contributed by atoms with van der Waals surface area (Å²) in [6.07, 6.45) is 0. The molecule has 3 aromatic heterocycles. The second-order valence-electron chi connectivity index (χ2n) is 16.8. The Labute approximate surface area is 351 Å². The van der Waals surface area contributed by atoms with Crippen LogP contribution in [0.25, 0.3) is 99.2 Å². The van der Waals surface area contributed by atoms with Gasteiger partial charge in [0, 0.05) is 49.4 Å². The molecule has 12 aromatic rings. The first-order valence-corrected chi connectivity index (χ1v) is 20.9. The van der Waals surface area contributed by atoms with Crippen LogP contribution >= 0.6 is 0 Å². The van der Waals surface area contributed by atoms with Crippen molar-refractivity contribution in [3.05, 3.63) is 199 Å². The monoisotopic (exact) mass is 783 g/mol. The molecule has 1 aliphatic rings. The summed E-state index contributed by atoms with van der Waals surface area (Å²) in [4.78, 5) is 2.38. The molecule has 4 nitrogen and oxygen atoms in total. The van der Waals surface area contributed by atoms with Gasteiger partial charge >= 0.3 is 0 Å².